The van der Waals surface area contributed by atoms with E-state index in [1.807, 2.05) is 6.92 Å². The Morgan fingerprint density at radius 2 is 2.05 bits per heavy atom. The summed E-state index contributed by atoms with van der Waals surface area (Å²) in [4.78, 5) is 12.1. The lowest BCUT2D eigenvalue weighted by atomic mass is 10.3. The summed E-state index contributed by atoms with van der Waals surface area (Å²) in [5.74, 6) is -0.579. The monoisotopic (exact) mass is 303 g/mol. The summed E-state index contributed by atoms with van der Waals surface area (Å²) in [6.07, 6.45) is 0. The average molecular weight is 303 g/mol. The van der Waals surface area contributed by atoms with E-state index >= 15 is 0 Å². The van der Waals surface area contributed by atoms with Gasteiger partial charge in [-0.1, -0.05) is 0 Å². The maximum absolute atomic E-state index is 12.1. The maximum Gasteiger partial charge on any atom is 0.271 e. The lowest BCUT2D eigenvalue weighted by molar-refractivity contribution is 0.0946. The molecule has 0 fully saturated rings. The number of amides is 1. The molecule has 0 aliphatic rings. The predicted octanol–water partition coefficient (Wildman–Crippen LogP) is -0.585. The Kier molecular flexibility index (Phi) is 5.12. The highest BCUT2D eigenvalue weighted by atomic mass is 32.2. The van der Waals surface area contributed by atoms with Gasteiger partial charge in [0.2, 0.25) is 10.0 Å². The van der Waals surface area contributed by atoms with Gasteiger partial charge in [-0.05, 0) is 13.8 Å². The fraction of sp³-hybridized carbons (Fsp3) is 0.636. The number of nitrogens with zero attached hydrogens (tertiary/aromatic N) is 3. The Morgan fingerprint density at radius 3 is 2.55 bits per heavy atom. The topological polar surface area (TPSA) is 110 Å². The fourth-order valence-electron chi connectivity index (χ4n) is 1.62. The molecule has 1 aromatic rings. The third kappa shape index (κ3) is 3.48. The standard InChI is InChI=1S/C11H21N5O3S/c1-5-16-10(9(12)8(2)14-16)11(17)13-6-7-20(18,19)15(3)4/h5-7,12H2,1-4H3,(H,13,17). The van der Waals surface area contributed by atoms with E-state index in [9.17, 15) is 13.2 Å². The van der Waals surface area contributed by atoms with Crippen LogP contribution >= 0.6 is 0 Å². The van der Waals surface area contributed by atoms with E-state index in [1.165, 1.54) is 18.8 Å². The van der Waals surface area contributed by atoms with Crippen LogP contribution in [-0.4, -0.2) is 54.8 Å². The van der Waals surface area contributed by atoms with E-state index in [-0.39, 0.29) is 18.0 Å². The molecule has 0 saturated carbocycles. The minimum Gasteiger partial charge on any atom is -0.395 e. The second-order valence-electron chi connectivity index (χ2n) is 4.52. The number of sulfonamides is 1. The van der Waals surface area contributed by atoms with Crippen LogP contribution in [0.5, 0.6) is 0 Å². The molecule has 114 valence electrons. The van der Waals surface area contributed by atoms with Crippen molar-refractivity contribution in [2.45, 2.75) is 20.4 Å². The number of nitrogen functional groups attached to an aromatic ring is 1. The number of anilines is 1. The number of hydrogen-bond acceptors (Lipinski definition) is 5. The van der Waals surface area contributed by atoms with Crippen LogP contribution < -0.4 is 11.1 Å². The van der Waals surface area contributed by atoms with Crippen LogP contribution in [0.1, 0.15) is 23.1 Å². The van der Waals surface area contributed by atoms with Gasteiger partial charge in [0.1, 0.15) is 5.69 Å². The summed E-state index contributed by atoms with van der Waals surface area (Å²) in [5.41, 5.74) is 6.99. The number of aromatic nitrogens is 2. The predicted molar refractivity (Wildman–Crippen MR) is 76.9 cm³/mol. The lowest BCUT2D eigenvalue weighted by Crippen LogP contribution is -2.35. The van der Waals surface area contributed by atoms with Gasteiger partial charge >= 0.3 is 0 Å². The van der Waals surface area contributed by atoms with Crippen LogP contribution in [0, 0.1) is 6.92 Å². The van der Waals surface area contributed by atoms with Crippen LogP contribution in [0.2, 0.25) is 0 Å². The van der Waals surface area contributed by atoms with Crippen molar-refractivity contribution in [3.8, 4) is 0 Å². The molecule has 3 N–H and O–H groups in total. The minimum absolute atomic E-state index is 0.0206. The van der Waals surface area contributed by atoms with Crippen molar-refractivity contribution in [1.82, 2.24) is 19.4 Å². The number of carbonyl (C=O) groups is 1. The normalized spacial score (nSPS) is 11.8. The highest BCUT2D eigenvalue weighted by Crippen LogP contribution is 2.15. The Hall–Kier alpha value is -1.61. The van der Waals surface area contributed by atoms with Gasteiger partial charge < -0.3 is 11.1 Å². The molecule has 0 unspecified atom stereocenters. The molecule has 1 amide bonds. The summed E-state index contributed by atoms with van der Waals surface area (Å²) in [6, 6.07) is 0. The van der Waals surface area contributed by atoms with Gasteiger partial charge in [-0.3, -0.25) is 9.48 Å². The van der Waals surface area contributed by atoms with Crippen LogP contribution in [-0.2, 0) is 16.6 Å². The molecule has 8 nitrogen and oxygen atoms in total. The van der Waals surface area contributed by atoms with Crippen LogP contribution in [0.15, 0.2) is 0 Å². The third-order valence-corrected chi connectivity index (χ3v) is 4.72. The molecule has 9 heteroatoms. The van der Waals surface area contributed by atoms with E-state index < -0.39 is 15.9 Å². The Bertz CT molecular complexity index is 591. The zero-order valence-electron chi connectivity index (χ0n) is 12.2. The lowest BCUT2D eigenvalue weighted by Gasteiger charge is -2.12. The van der Waals surface area contributed by atoms with E-state index in [1.54, 1.807) is 6.92 Å². The van der Waals surface area contributed by atoms with Gasteiger partial charge in [0.05, 0.1) is 17.1 Å². The Labute approximate surface area is 119 Å². The molecule has 0 atom stereocenters. The molecule has 0 aliphatic heterocycles. The van der Waals surface area contributed by atoms with E-state index in [0.29, 0.717) is 17.9 Å². The van der Waals surface area contributed by atoms with Crippen molar-refractivity contribution < 1.29 is 13.2 Å². The molecule has 0 aromatic carbocycles. The van der Waals surface area contributed by atoms with E-state index in [4.69, 9.17) is 5.73 Å². The summed E-state index contributed by atoms with van der Waals surface area (Å²) >= 11 is 0. The molecule has 0 spiro atoms. The Balaban J connectivity index is 2.74. The molecular formula is C11H21N5O3S. The Morgan fingerprint density at radius 1 is 1.45 bits per heavy atom. The summed E-state index contributed by atoms with van der Waals surface area (Å²) in [6.45, 7) is 4.09. The fourth-order valence-corrected chi connectivity index (χ4v) is 2.35. The number of hydrogen-bond donors (Lipinski definition) is 2. The van der Waals surface area contributed by atoms with Crippen molar-refractivity contribution in [3.63, 3.8) is 0 Å². The smallest absolute Gasteiger partial charge is 0.271 e. The van der Waals surface area contributed by atoms with E-state index in [0.717, 1.165) is 4.31 Å². The van der Waals surface area contributed by atoms with Gasteiger partial charge in [0, 0.05) is 27.2 Å². The first-order valence-electron chi connectivity index (χ1n) is 6.22. The average Bonchev–Trinajstić information content (AvgIpc) is 2.64. The molecule has 0 aliphatic carbocycles. The van der Waals surface area contributed by atoms with Crippen molar-refractivity contribution in [2.24, 2.45) is 0 Å². The largest absolute Gasteiger partial charge is 0.395 e. The summed E-state index contributed by atoms with van der Waals surface area (Å²) in [5, 5.41) is 6.69. The van der Waals surface area contributed by atoms with Crippen molar-refractivity contribution in [2.75, 3.05) is 32.1 Å². The number of nitrogens with two attached hydrogens (primary N) is 1. The minimum atomic E-state index is -3.33. The van der Waals surface area contributed by atoms with Crippen molar-refractivity contribution in [3.05, 3.63) is 11.4 Å². The van der Waals surface area contributed by atoms with Gasteiger partial charge in [0.15, 0.2) is 0 Å². The van der Waals surface area contributed by atoms with Crippen LogP contribution in [0.25, 0.3) is 0 Å². The maximum atomic E-state index is 12.1. The van der Waals surface area contributed by atoms with Crippen molar-refractivity contribution in [1.29, 1.82) is 0 Å². The first-order valence-corrected chi connectivity index (χ1v) is 7.83. The zero-order valence-corrected chi connectivity index (χ0v) is 13.0. The molecule has 1 rings (SSSR count). The first-order chi connectivity index (χ1) is 9.20. The van der Waals surface area contributed by atoms with E-state index in [2.05, 4.69) is 10.4 Å². The summed E-state index contributed by atoms with van der Waals surface area (Å²) in [7, 11) is -0.434. The number of rotatable bonds is 6. The molecule has 0 radical (unpaired) electrons. The molecule has 0 bridgehead atoms. The van der Waals surface area contributed by atoms with Gasteiger partial charge in [-0.2, -0.15) is 5.10 Å². The van der Waals surface area contributed by atoms with Gasteiger partial charge in [-0.15, -0.1) is 0 Å². The number of aryl methyl sites for hydroxylation is 2. The number of nitrogens with one attached hydrogen (secondary N) is 1. The number of carbonyl (C=O) groups excluding carboxylic acids is 1. The second kappa shape index (κ2) is 6.23. The molecule has 1 aromatic heterocycles. The molecule has 20 heavy (non-hydrogen) atoms. The molecular weight excluding hydrogens is 282 g/mol. The highest BCUT2D eigenvalue weighted by Gasteiger charge is 2.20. The van der Waals surface area contributed by atoms with Gasteiger partial charge in [-0.25, -0.2) is 12.7 Å². The van der Waals surface area contributed by atoms with Gasteiger partial charge in [0.25, 0.3) is 5.91 Å². The SMILES string of the molecule is CCn1nc(C)c(N)c1C(=O)NCCS(=O)(=O)N(C)C. The first kappa shape index (κ1) is 16.4. The highest BCUT2D eigenvalue weighted by molar-refractivity contribution is 7.89. The van der Waals surface area contributed by atoms with Crippen LogP contribution in [0.4, 0.5) is 5.69 Å². The quantitative estimate of drug-likeness (QED) is 0.730. The summed E-state index contributed by atoms with van der Waals surface area (Å²) < 4.78 is 25.8. The molecule has 1 heterocycles. The van der Waals surface area contributed by atoms with Crippen LogP contribution in [0.3, 0.4) is 0 Å². The second-order valence-corrected chi connectivity index (χ2v) is 6.82. The molecule has 0 saturated heterocycles. The third-order valence-electron chi connectivity index (χ3n) is 2.89. The van der Waals surface area contributed by atoms with Crippen molar-refractivity contribution >= 4 is 21.6 Å². The zero-order chi connectivity index (χ0) is 15.5.